The molecule has 18 heavy (non-hydrogen) atoms. The van der Waals surface area contributed by atoms with Crippen molar-refractivity contribution in [3.63, 3.8) is 0 Å². The summed E-state index contributed by atoms with van der Waals surface area (Å²) in [5.41, 5.74) is 0. The van der Waals surface area contributed by atoms with Crippen LogP contribution in [0.15, 0.2) is 35.2 Å². The van der Waals surface area contributed by atoms with Crippen molar-refractivity contribution < 1.29 is 14.3 Å². The van der Waals surface area contributed by atoms with Gasteiger partial charge in [0.05, 0.1) is 18.8 Å². The first-order valence-electron chi connectivity index (χ1n) is 5.82. The van der Waals surface area contributed by atoms with Crippen LogP contribution in [0.2, 0.25) is 0 Å². The molecule has 1 aromatic rings. The predicted molar refractivity (Wildman–Crippen MR) is 71.4 cm³/mol. The Morgan fingerprint density at radius 1 is 1.28 bits per heavy atom. The second kappa shape index (κ2) is 8.58. The standard InChI is InChI=1S/C13H17NO3S/c1-2-17-13(16)8-9-14-12(15)10-18-11-6-4-3-5-7-11/h3-7H,2,8-10H2,1H3,(H,14,15). The fourth-order valence-electron chi connectivity index (χ4n) is 1.25. The van der Waals surface area contributed by atoms with Gasteiger partial charge in [0.2, 0.25) is 5.91 Å². The van der Waals surface area contributed by atoms with Crippen LogP contribution in [0, 0.1) is 0 Å². The third-order valence-electron chi connectivity index (χ3n) is 2.07. The molecule has 0 heterocycles. The molecule has 98 valence electrons. The molecular formula is C13H17NO3S. The molecule has 1 amide bonds. The number of nitrogens with one attached hydrogen (secondary N) is 1. The molecule has 0 aromatic heterocycles. The van der Waals surface area contributed by atoms with Crippen LogP contribution in [0.25, 0.3) is 0 Å². The summed E-state index contributed by atoms with van der Waals surface area (Å²) >= 11 is 1.47. The second-order valence-corrected chi connectivity index (χ2v) is 4.56. The SMILES string of the molecule is CCOC(=O)CCNC(=O)CSc1ccccc1. The van der Waals surface area contributed by atoms with E-state index in [-0.39, 0.29) is 18.3 Å². The zero-order chi connectivity index (χ0) is 13.2. The smallest absolute Gasteiger partial charge is 0.307 e. The first kappa shape index (κ1) is 14.6. The van der Waals surface area contributed by atoms with Gasteiger partial charge in [0, 0.05) is 11.4 Å². The number of benzene rings is 1. The van der Waals surface area contributed by atoms with E-state index in [4.69, 9.17) is 4.74 Å². The Kier molecular flexibility index (Phi) is 6.94. The van der Waals surface area contributed by atoms with E-state index in [1.165, 1.54) is 11.8 Å². The zero-order valence-electron chi connectivity index (χ0n) is 10.3. The van der Waals surface area contributed by atoms with Crippen molar-refractivity contribution in [2.24, 2.45) is 0 Å². The Hall–Kier alpha value is -1.49. The fourth-order valence-corrected chi connectivity index (χ4v) is 2.00. The molecule has 5 heteroatoms. The molecule has 4 nitrogen and oxygen atoms in total. The van der Waals surface area contributed by atoms with Crippen LogP contribution in [-0.2, 0) is 14.3 Å². The molecule has 0 saturated heterocycles. The molecule has 0 aliphatic rings. The second-order valence-electron chi connectivity index (χ2n) is 3.51. The van der Waals surface area contributed by atoms with Gasteiger partial charge in [0.15, 0.2) is 0 Å². The van der Waals surface area contributed by atoms with Crippen LogP contribution in [0.5, 0.6) is 0 Å². The van der Waals surface area contributed by atoms with Crippen molar-refractivity contribution in [3.05, 3.63) is 30.3 Å². The van der Waals surface area contributed by atoms with Gasteiger partial charge >= 0.3 is 5.97 Å². The minimum atomic E-state index is -0.284. The summed E-state index contributed by atoms with van der Waals surface area (Å²) in [4.78, 5) is 23.6. The van der Waals surface area contributed by atoms with Gasteiger partial charge in [0.1, 0.15) is 0 Å². The van der Waals surface area contributed by atoms with Crippen molar-refractivity contribution in [1.82, 2.24) is 5.32 Å². The van der Waals surface area contributed by atoms with Gasteiger partial charge in [-0.25, -0.2) is 0 Å². The van der Waals surface area contributed by atoms with Crippen molar-refractivity contribution in [1.29, 1.82) is 0 Å². The average molecular weight is 267 g/mol. The third-order valence-corrected chi connectivity index (χ3v) is 3.08. The Balaban J connectivity index is 2.13. The highest BCUT2D eigenvalue weighted by Gasteiger charge is 2.05. The average Bonchev–Trinajstić information content (AvgIpc) is 2.38. The van der Waals surface area contributed by atoms with Crippen LogP contribution in [0.3, 0.4) is 0 Å². The first-order chi connectivity index (χ1) is 8.72. The van der Waals surface area contributed by atoms with Gasteiger partial charge in [-0.05, 0) is 19.1 Å². The van der Waals surface area contributed by atoms with E-state index in [0.29, 0.717) is 18.9 Å². The van der Waals surface area contributed by atoms with E-state index < -0.39 is 0 Å². The number of rotatable bonds is 7. The van der Waals surface area contributed by atoms with Crippen molar-refractivity contribution in [3.8, 4) is 0 Å². The molecule has 1 aromatic carbocycles. The monoisotopic (exact) mass is 267 g/mol. The van der Waals surface area contributed by atoms with E-state index >= 15 is 0 Å². The number of thioether (sulfide) groups is 1. The summed E-state index contributed by atoms with van der Waals surface area (Å²) in [6, 6.07) is 9.71. The molecule has 0 radical (unpaired) electrons. The topological polar surface area (TPSA) is 55.4 Å². The van der Waals surface area contributed by atoms with E-state index in [9.17, 15) is 9.59 Å². The van der Waals surface area contributed by atoms with Crippen LogP contribution < -0.4 is 5.32 Å². The normalized spacial score (nSPS) is 9.83. The number of esters is 1. The number of amides is 1. The number of hydrogen-bond donors (Lipinski definition) is 1. The quantitative estimate of drug-likeness (QED) is 0.605. The van der Waals surface area contributed by atoms with Gasteiger partial charge in [-0.2, -0.15) is 0 Å². The Morgan fingerprint density at radius 3 is 2.67 bits per heavy atom. The summed E-state index contributed by atoms with van der Waals surface area (Å²) in [6.45, 7) is 2.45. The van der Waals surface area contributed by atoms with Gasteiger partial charge in [-0.1, -0.05) is 18.2 Å². The van der Waals surface area contributed by atoms with E-state index in [2.05, 4.69) is 5.32 Å². The maximum Gasteiger partial charge on any atom is 0.307 e. The largest absolute Gasteiger partial charge is 0.466 e. The molecule has 0 aliphatic carbocycles. The Morgan fingerprint density at radius 2 is 2.00 bits per heavy atom. The van der Waals surface area contributed by atoms with Crippen LogP contribution in [0.4, 0.5) is 0 Å². The van der Waals surface area contributed by atoms with Gasteiger partial charge in [0.25, 0.3) is 0 Å². The lowest BCUT2D eigenvalue weighted by Gasteiger charge is -2.05. The van der Waals surface area contributed by atoms with Crippen molar-refractivity contribution >= 4 is 23.6 Å². The highest BCUT2D eigenvalue weighted by molar-refractivity contribution is 8.00. The van der Waals surface area contributed by atoms with Crippen molar-refractivity contribution in [2.75, 3.05) is 18.9 Å². The van der Waals surface area contributed by atoms with Crippen LogP contribution >= 0.6 is 11.8 Å². The van der Waals surface area contributed by atoms with E-state index in [1.54, 1.807) is 6.92 Å². The van der Waals surface area contributed by atoms with Gasteiger partial charge in [-0.3, -0.25) is 9.59 Å². The Bertz CT molecular complexity index is 381. The highest BCUT2D eigenvalue weighted by Crippen LogP contribution is 2.15. The molecular weight excluding hydrogens is 250 g/mol. The lowest BCUT2D eigenvalue weighted by molar-refractivity contribution is -0.142. The number of hydrogen-bond acceptors (Lipinski definition) is 4. The fraction of sp³-hybridized carbons (Fsp3) is 0.385. The lowest BCUT2D eigenvalue weighted by Crippen LogP contribution is -2.28. The van der Waals surface area contributed by atoms with Crippen LogP contribution in [-0.4, -0.2) is 30.8 Å². The molecule has 0 unspecified atom stereocenters. The Labute approximate surface area is 111 Å². The highest BCUT2D eigenvalue weighted by atomic mass is 32.2. The third kappa shape index (κ3) is 6.30. The van der Waals surface area contributed by atoms with Gasteiger partial charge < -0.3 is 10.1 Å². The maximum atomic E-state index is 11.5. The molecule has 0 fully saturated rings. The number of carbonyl (C=O) groups is 2. The molecule has 0 atom stereocenters. The molecule has 1 N–H and O–H groups in total. The minimum absolute atomic E-state index is 0.0758. The summed E-state index contributed by atoms with van der Waals surface area (Å²) in [6.07, 6.45) is 0.218. The predicted octanol–water partition coefficient (Wildman–Crippen LogP) is 1.85. The molecule has 0 spiro atoms. The van der Waals surface area contributed by atoms with Gasteiger partial charge in [-0.15, -0.1) is 11.8 Å². The molecule has 0 saturated carbocycles. The maximum absolute atomic E-state index is 11.5. The summed E-state index contributed by atoms with van der Waals surface area (Å²) < 4.78 is 4.76. The molecule has 0 bridgehead atoms. The summed E-state index contributed by atoms with van der Waals surface area (Å²) in [5, 5.41) is 2.68. The zero-order valence-corrected chi connectivity index (χ0v) is 11.2. The van der Waals surface area contributed by atoms with Crippen LogP contribution in [0.1, 0.15) is 13.3 Å². The molecule has 0 aliphatic heterocycles. The number of ether oxygens (including phenoxy) is 1. The number of carbonyl (C=O) groups excluding carboxylic acids is 2. The van der Waals surface area contributed by atoms with Crippen molar-refractivity contribution in [2.45, 2.75) is 18.2 Å². The molecule has 1 rings (SSSR count). The van der Waals surface area contributed by atoms with E-state index in [1.807, 2.05) is 30.3 Å². The summed E-state index contributed by atoms with van der Waals surface area (Å²) in [5.74, 6) is -0.00556. The van der Waals surface area contributed by atoms with E-state index in [0.717, 1.165) is 4.90 Å². The summed E-state index contributed by atoms with van der Waals surface area (Å²) in [7, 11) is 0. The lowest BCUT2D eigenvalue weighted by atomic mass is 10.4. The minimum Gasteiger partial charge on any atom is -0.466 e. The first-order valence-corrected chi connectivity index (χ1v) is 6.81.